The Balaban J connectivity index is 1.67. The first-order valence-corrected chi connectivity index (χ1v) is 9.19. The molecule has 0 fully saturated rings. The fraction of sp³-hybridized carbons (Fsp3) is 0.222. The zero-order chi connectivity index (χ0) is 16.2. The average molecular weight is 342 g/mol. The number of thiophene rings is 1. The topological polar surface area (TPSA) is 42.0 Å². The average Bonchev–Trinajstić information content (AvgIpc) is 3.22. The van der Waals surface area contributed by atoms with Crippen molar-refractivity contribution in [3.63, 3.8) is 0 Å². The minimum absolute atomic E-state index is 0.0365. The fourth-order valence-corrected chi connectivity index (χ4v) is 4.12. The molecule has 1 amide bonds. The number of carbonyl (C=O) groups is 1. The van der Waals surface area contributed by atoms with Crippen LogP contribution in [-0.2, 0) is 0 Å². The van der Waals surface area contributed by atoms with Gasteiger partial charge in [0, 0.05) is 6.54 Å². The third-order valence-electron chi connectivity index (χ3n) is 3.67. The van der Waals surface area contributed by atoms with Gasteiger partial charge in [-0.2, -0.15) is 0 Å². The highest BCUT2D eigenvalue weighted by Gasteiger charge is 2.17. The van der Waals surface area contributed by atoms with Gasteiger partial charge in [-0.25, -0.2) is 4.98 Å². The molecule has 23 heavy (non-hydrogen) atoms. The Morgan fingerprint density at radius 3 is 2.70 bits per heavy atom. The molecule has 118 valence electrons. The predicted octanol–water partition coefficient (Wildman–Crippen LogP) is 4.71. The second-order valence-corrected chi connectivity index (χ2v) is 7.38. The summed E-state index contributed by atoms with van der Waals surface area (Å²) in [6.45, 7) is 4.63. The van der Waals surface area contributed by atoms with Gasteiger partial charge in [0.05, 0.1) is 10.6 Å². The first-order valence-electron chi connectivity index (χ1n) is 7.49. The van der Waals surface area contributed by atoms with E-state index in [9.17, 15) is 4.79 Å². The lowest BCUT2D eigenvalue weighted by Gasteiger charge is -2.12. The number of amides is 1. The molecule has 0 saturated heterocycles. The van der Waals surface area contributed by atoms with Crippen molar-refractivity contribution < 1.29 is 4.79 Å². The van der Waals surface area contributed by atoms with Gasteiger partial charge in [-0.15, -0.1) is 22.7 Å². The molecule has 0 aliphatic heterocycles. The van der Waals surface area contributed by atoms with Crippen LogP contribution < -0.4 is 5.32 Å². The lowest BCUT2D eigenvalue weighted by atomic mass is 10.0. The molecule has 0 radical (unpaired) electrons. The highest BCUT2D eigenvalue weighted by Crippen LogP contribution is 2.31. The molecule has 0 spiro atoms. The molecule has 1 aromatic carbocycles. The number of nitrogens with one attached hydrogen (secondary N) is 1. The van der Waals surface area contributed by atoms with Crippen molar-refractivity contribution in [1.82, 2.24) is 10.3 Å². The van der Waals surface area contributed by atoms with Crippen LogP contribution in [0.25, 0.3) is 9.88 Å². The van der Waals surface area contributed by atoms with Gasteiger partial charge in [-0.1, -0.05) is 43.3 Å². The minimum Gasteiger partial charge on any atom is -0.351 e. The maximum Gasteiger partial charge on any atom is 0.263 e. The minimum atomic E-state index is -0.0365. The number of thiazole rings is 1. The van der Waals surface area contributed by atoms with Crippen LogP contribution in [0.2, 0.25) is 0 Å². The van der Waals surface area contributed by atoms with Gasteiger partial charge in [0.1, 0.15) is 9.88 Å². The summed E-state index contributed by atoms with van der Waals surface area (Å²) < 4.78 is 0. The van der Waals surface area contributed by atoms with Gasteiger partial charge in [-0.05, 0) is 29.9 Å². The van der Waals surface area contributed by atoms with E-state index < -0.39 is 0 Å². The first-order chi connectivity index (χ1) is 11.1. The van der Waals surface area contributed by atoms with Crippen molar-refractivity contribution in [3.05, 3.63) is 64.0 Å². The van der Waals surface area contributed by atoms with E-state index in [2.05, 4.69) is 29.4 Å². The molecule has 0 aliphatic carbocycles. The Bertz CT molecular complexity index is 779. The number of hydrogen-bond acceptors (Lipinski definition) is 4. The van der Waals surface area contributed by atoms with Crippen LogP contribution in [0, 0.1) is 6.92 Å². The maximum atomic E-state index is 12.4. The van der Waals surface area contributed by atoms with Gasteiger partial charge in [0.15, 0.2) is 0 Å². The van der Waals surface area contributed by atoms with Gasteiger partial charge >= 0.3 is 0 Å². The molecule has 5 heteroatoms. The molecule has 2 heterocycles. The Labute approximate surface area is 144 Å². The van der Waals surface area contributed by atoms with E-state index in [1.807, 2.05) is 42.6 Å². The molecule has 3 aromatic rings. The number of carbonyl (C=O) groups excluding carboxylic acids is 1. The maximum absolute atomic E-state index is 12.4. The molecule has 0 bridgehead atoms. The van der Waals surface area contributed by atoms with Crippen molar-refractivity contribution in [3.8, 4) is 9.88 Å². The van der Waals surface area contributed by atoms with E-state index in [1.54, 1.807) is 11.3 Å². The van der Waals surface area contributed by atoms with Crippen LogP contribution in [-0.4, -0.2) is 17.4 Å². The zero-order valence-electron chi connectivity index (χ0n) is 13.1. The van der Waals surface area contributed by atoms with Crippen molar-refractivity contribution in [2.75, 3.05) is 6.54 Å². The smallest absolute Gasteiger partial charge is 0.263 e. The summed E-state index contributed by atoms with van der Waals surface area (Å²) >= 11 is 3.10. The highest BCUT2D eigenvalue weighted by molar-refractivity contribution is 7.22. The molecule has 1 N–H and O–H groups in total. The normalized spacial score (nSPS) is 12.1. The molecule has 3 nitrogen and oxygen atoms in total. The SMILES string of the molecule is Cc1nc(-c2cccs2)sc1C(=O)NC[C@H](C)c1ccccc1. The summed E-state index contributed by atoms with van der Waals surface area (Å²) in [7, 11) is 0. The molecular weight excluding hydrogens is 324 g/mol. The van der Waals surface area contributed by atoms with Crippen LogP contribution >= 0.6 is 22.7 Å². The quantitative estimate of drug-likeness (QED) is 0.729. The van der Waals surface area contributed by atoms with Gasteiger partial charge < -0.3 is 5.32 Å². The molecule has 0 saturated carbocycles. The van der Waals surface area contributed by atoms with E-state index in [4.69, 9.17) is 0 Å². The Morgan fingerprint density at radius 2 is 2.00 bits per heavy atom. The van der Waals surface area contributed by atoms with Crippen LogP contribution in [0.4, 0.5) is 0 Å². The summed E-state index contributed by atoms with van der Waals surface area (Å²) in [4.78, 5) is 18.8. The van der Waals surface area contributed by atoms with Crippen molar-refractivity contribution in [1.29, 1.82) is 0 Å². The molecule has 1 atom stereocenters. The Kier molecular flexibility index (Phi) is 4.88. The Hall–Kier alpha value is -1.98. The number of nitrogens with zero attached hydrogens (tertiary/aromatic N) is 1. The van der Waals surface area contributed by atoms with Crippen LogP contribution in [0.3, 0.4) is 0 Å². The largest absolute Gasteiger partial charge is 0.351 e. The van der Waals surface area contributed by atoms with E-state index in [-0.39, 0.29) is 11.8 Å². The number of rotatable bonds is 5. The second kappa shape index (κ2) is 7.06. The van der Waals surface area contributed by atoms with E-state index >= 15 is 0 Å². The summed E-state index contributed by atoms with van der Waals surface area (Å²) in [5.41, 5.74) is 2.02. The van der Waals surface area contributed by atoms with Crippen molar-refractivity contribution in [2.45, 2.75) is 19.8 Å². The summed E-state index contributed by atoms with van der Waals surface area (Å²) in [6, 6.07) is 14.2. The standard InChI is InChI=1S/C18H18N2OS2/c1-12(14-7-4-3-5-8-14)11-19-17(21)16-13(2)20-18(23-16)15-9-6-10-22-15/h3-10,12H,11H2,1-2H3,(H,19,21)/t12-/m0/s1. The van der Waals surface area contributed by atoms with Crippen molar-refractivity contribution in [2.24, 2.45) is 0 Å². The van der Waals surface area contributed by atoms with Crippen LogP contribution in [0.5, 0.6) is 0 Å². The zero-order valence-corrected chi connectivity index (χ0v) is 14.7. The molecule has 3 rings (SSSR count). The predicted molar refractivity (Wildman–Crippen MR) is 97.4 cm³/mol. The van der Waals surface area contributed by atoms with Crippen molar-refractivity contribution >= 4 is 28.6 Å². The lowest BCUT2D eigenvalue weighted by Crippen LogP contribution is -2.27. The summed E-state index contributed by atoms with van der Waals surface area (Å²) in [6.07, 6.45) is 0. The van der Waals surface area contributed by atoms with Gasteiger partial charge in [0.25, 0.3) is 5.91 Å². The number of benzene rings is 1. The van der Waals surface area contributed by atoms with E-state index in [0.29, 0.717) is 11.4 Å². The monoisotopic (exact) mass is 342 g/mol. The highest BCUT2D eigenvalue weighted by atomic mass is 32.1. The fourth-order valence-electron chi connectivity index (χ4n) is 2.34. The van der Waals surface area contributed by atoms with Gasteiger partial charge in [0.2, 0.25) is 0 Å². The van der Waals surface area contributed by atoms with E-state index in [1.165, 1.54) is 16.9 Å². The number of aryl methyl sites for hydroxylation is 1. The molecule has 2 aromatic heterocycles. The third kappa shape index (κ3) is 3.68. The molecular formula is C18H18N2OS2. The lowest BCUT2D eigenvalue weighted by molar-refractivity contribution is 0.0955. The van der Waals surface area contributed by atoms with Crippen LogP contribution in [0.1, 0.15) is 33.8 Å². The third-order valence-corrected chi connectivity index (χ3v) is 5.87. The Morgan fingerprint density at radius 1 is 1.22 bits per heavy atom. The molecule has 0 unspecified atom stereocenters. The first kappa shape index (κ1) is 15.9. The van der Waals surface area contributed by atoms with E-state index in [0.717, 1.165) is 15.6 Å². The summed E-state index contributed by atoms with van der Waals surface area (Å²) in [5, 5.41) is 5.97. The second-order valence-electron chi connectivity index (χ2n) is 5.43. The number of aromatic nitrogens is 1. The van der Waals surface area contributed by atoms with Crippen LogP contribution in [0.15, 0.2) is 47.8 Å². The number of hydrogen-bond donors (Lipinski definition) is 1. The summed E-state index contributed by atoms with van der Waals surface area (Å²) in [5.74, 6) is 0.246. The van der Waals surface area contributed by atoms with Gasteiger partial charge in [-0.3, -0.25) is 4.79 Å². The molecule has 0 aliphatic rings.